The summed E-state index contributed by atoms with van der Waals surface area (Å²) in [7, 11) is 0. The highest BCUT2D eigenvalue weighted by molar-refractivity contribution is 4.24. The lowest BCUT2D eigenvalue weighted by Crippen LogP contribution is -1.59. The molecule has 0 saturated carbocycles. The molecular weight excluding hydrogens is 348 g/mol. The van der Waals surface area contributed by atoms with E-state index in [9.17, 15) is 0 Å². The van der Waals surface area contributed by atoms with Crippen LogP contribution >= 0.6 is 0 Å². The Bertz CT molecular complexity index is 19.2. The lowest BCUT2D eigenvalue weighted by molar-refractivity contribution is 0.772. The molecule has 0 rings (SSSR count). The first-order valence-electron chi connectivity index (χ1n) is 12.2. The Labute approximate surface area is 200 Å². The Hall–Kier alpha value is 0. The Balaban J connectivity index is -0.00000000725. The number of hydrogen-bond donors (Lipinski definition) is 0. The van der Waals surface area contributed by atoms with Gasteiger partial charge in [0.2, 0.25) is 0 Å². The Morgan fingerprint density at radius 1 is 0.276 bits per heavy atom. The van der Waals surface area contributed by atoms with E-state index in [4.69, 9.17) is 0 Å². The first-order valence-corrected chi connectivity index (χ1v) is 12.2. The Kier molecular flexibility index (Phi) is 2840. The molecule has 0 heteroatoms. The van der Waals surface area contributed by atoms with E-state index in [2.05, 4.69) is 41.5 Å². The van der Waals surface area contributed by atoms with Gasteiger partial charge in [-0.2, -0.15) is 0 Å². The first-order chi connectivity index (χ1) is 12.2. The van der Waals surface area contributed by atoms with Crippen LogP contribution in [0.25, 0.3) is 0 Å². The van der Waals surface area contributed by atoms with E-state index in [1.54, 1.807) is 0 Å². The van der Waals surface area contributed by atoms with Crippen LogP contribution in [0, 0.1) is 0 Å². The molecule has 0 radical (unpaired) electrons. The van der Waals surface area contributed by atoms with Crippen molar-refractivity contribution in [2.75, 3.05) is 0 Å². The zero-order valence-corrected chi connectivity index (χ0v) is 23.5. The first kappa shape index (κ1) is 101. The van der Waals surface area contributed by atoms with Crippen LogP contribution in [-0.4, -0.2) is 0 Å². The van der Waals surface area contributed by atoms with Gasteiger partial charge in [-0.15, -0.1) is 0 Å². The van der Waals surface area contributed by atoms with Crippen LogP contribution in [0.2, 0.25) is 0 Å². The molecule has 202 valence electrons. The molecule has 0 spiro atoms. The molecule has 0 heterocycles. The predicted octanol–water partition coefficient (Wildman–Crippen LogP) is 14.8. The van der Waals surface area contributed by atoms with E-state index in [1.807, 2.05) is 96.9 Å². The number of hydrogen-bond acceptors (Lipinski definition) is 0. The summed E-state index contributed by atoms with van der Waals surface area (Å²) >= 11 is 0. The maximum Gasteiger partial charge on any atom is -0.0538 e. The molecule has 0 aromatic rings. The van der Waals surface area contributed by atoms with Crippen molar-refractivity contribution in [1.29, 1.82) is 0 Å². The third-order valence-corrected chi connectivity index (χ3v) is 0.707. The van der Waals surface area contributed by atoms with Crippen molar-refractivity contribution >= 4 is 0 Å². The zero-order chi connectivity index (χ0) is 23.5. The summed E-state index contributed by atoms with van der Waals surface area (Å²) in [5, 5.41) is 0. The lowest BCUT2D eigenvalue weighted by Gasteiger charge is -1.79. The van der Waals surface area contributed by atoms with Gasteiger partial charge >= 0.3 is 0 Å². The number of unbranched alkanes of at least 4 members (excludes halogenated alkanes) is 2. The van der Waals surface area contributed by atoms with Crippen molar-refractivity contribution in [3.8, 4) is 0 Å². The molecule has 0 nitrogen and oxygen atoms in total. The van der Waals surface area contributed by atoms with Crippen molar-refractivity contribution in [2.45, 2.75) is 200 Å². The van der Waals surface area contributed by atoms with Crippen LogP contribution in [0.5, 0.6) is 0 Å². The molecule has 0 N–H and O–H groups in total. The van der Waals surface area contributed by atoms with Gasteiger partial charge in [0, 0.05) is 0 Å². The van der Waals surface area contributed by atoms with Gasteiger partial charge < -0.3 is 0 Å². The average Bonchev–Trinajstić information content (AvgIpc) is 2.74. The summed E-state index contributed by atoms with van der Waals surface area (Å²) in [6.45, 7) is 40.9. The standard InChI is InChI=1S/C5H12.2C3H8.7C2H6.4CH4/c1-3-5-4-2;2*1-3-2;7*1-2;;;;/h3-5H2,1-2H3;2*3H2,1-2H3;7*1-2H3;4*1H4. The number of rotatable bonds is 2. The molecule has 0 aliphatic heterocycles. The summed E-state index contributed by atoms with van der Waals surface area (Å²) in [4.78, 5) is 0. The molecule has 29 heavy (non-hydrogen) atoms. The topological polar surface area (TPSA) is 0 Å². The molecule has 0 bridgehead atoms. The molecule has 0 fully saturated rings. The largest absolute Gasteiger partial charge is 0.0776 e. The van der Waals surface area contributed by atoms with Crippen LogP contribution < -0.4 is 0 Å². The SMILES string of the molecule is C.C.C.C.CC.CC.CC.CC.CC.CC.CC.CCC.CCC.CCCCC. The summed E-state index contributed by atoms with van der Waals surface area (Å²) in [5.74, 6) is 0. The fourth-order valence-corrected chi connectivity index (χ4v) is 0.354. The predicted molar refractivity (Wildman–Crippen MR) is 163 cm³/mol. The maximum atomic E-state index is 2.21. The van der Waals surface area contributed by atoms with Gasteiger partial charge in [0.1, 0.15) is 0 Å². The van der Waals surface area contributed by atoms with Crippen molar-refractivity contribution in [3.63, 3.8) is 0 Å². The monoisotopic (exact) mass is 435 g/mol. The van der Waals surface area contributed by atoms with Gasteiger partial charge in [-0.1, -0.05) is 200 Å². The molecule has 0 saturated heterocycles. The van der Waals surface area contributed by atoms with Crippen LogP contribution in [0.3, 0.4) is 0 Å². The molecule has 0 aromatic heterocycles. The van der Waals surface area contributed by atoms with Gasteiger partial charge in [0.25, 0.3) is 0 Å². The second-order valence-electron chi connectivity index (χ2n) is 2.77. The molecule has 0 aliphatic carbocycles. The van der Waals surface area contributed by atoms with E-state index >= 15 is 0 Å². The summed E-state index contributed by atoms with van der Waals surface area (Å²) in [5.41, 5.74) is 0. The minimum Gasteiger partial charge on any atom is -0.0776 e. The second kappa shape index (κ2) is 816. The smallest absolute Gasteiger partial charge is 0.0538 e. The van der Waals surface area contributed by atoms with E-state index < -0.39 is 0 Å². The van der Waals surface area contributed by atoms with Crippen LogP contribution in [0.4, 0.5) is 0 Å². The van der Waals surface area contributed by atoms with Gasteiger partial charge in [0.05, 0.1) is 0 Å². The van der Waals surface area contributed by atoms with Gasteiger partial charge in [-0.05, 0) is 0 Å². The van der Waals surface area contributed by atoms with Crippen LogP contribution in [0.15, 0.2) is 0 Å². The van der Waals surface area contributed by atoms with Gasteiger partial charge in [0.15, 0.2) is 0 Å². The van der Waals surface area contributed by atoms with Gasteiger partial charge in [-0.25, -0.2) is 0 Å². The van der Waals surface area contributed by atoms with Crippen molar-refractivity contribution in [1.82, 2.24) is 0 Å². The normalized spacial score (nSPS) is 4.14. The molecule has 0 aliphatic rings. The highest BCUT2D eigenvalue weighted by Gasteiger charge is 1.68. The van der Waals surface area contributed by atoms with Crippen molar-refractivity contribution in [3.05, 3.63) is 0 Å². The zero-order valence-electron chi connectivity index (χ0n) is 23.5. The van der Waals surface area contributed by atoms with E-state index in [0.717, 1.165) is 0 Å². The van der Waals surface area contributed by atoms with E-state index in [-0.39, 0.29) is 29.7 Å². The summed E-state index contributed by atoms with van der Waals surface area (Å²) in [6, 6.07) is 0. The maximum absolute atomic E-state index is 2.21. The minimum atomic E-state index is 0. The molecule has 0 unspecified atom stereocenters. The van der Waals surface area contributed by atoms with E-state index in [0.29, 0.717) is 0 Å². The summed E-state index contributed by atoms with van der Waals surface area (Å²) < 4.78 is 0. The third kappa shape index (κ3) is 4730. The minimum absolute atomic E-state index is 0. The second-order valence-corrected chi connectivity index (χ2v) is 2.77. The summed E-state index contributed by atoms with van der Waals surface area (Å²) in [6.07, 6.45) is 6.58. The molecule has 0 atom stereocenters. The van der Waals surface area contributed by atoms with Crippen molar-refractivity contribution < 1.29 is 0 Å². The highest BCUT2D eigenvalue weighted by Crippen LogP contribution is 1.88. The molecular formula is C29H86. The van der Waals surface area contributed by atoms with Crippen LogP contribution in [0.1, 0.15) is 200 Å². The average molecular weight is 435 g/mol. The third-order valence-electron chi connectivity index (χ3n) is 0.707. The van der Waals surface area contributed by atoms with E-state index in [1.165, 1.54) is 32.1 Å². The Morgan fingerprint density at radius 3 is 0.345 bits per heavy atom. The van der Waals surface area contributed by atoms with Crippen molar-refractivity contribution in [2.24, 2.45) is 0 Å². The fraction of sp³-hybridized carbons (Fsp3) is 1.00. The molecule has 0 aromatic carbocycles. The Morgan fingerprint density at radius 2 is 0.345 bits per heavy atom. The highest BCUT2D eigenvalue weighted by atomic mass is 13.7. The lowest BCUT2D eigenvalue weighted by atomic mass is 10.3. The van der Waals surface area contributed by atoms with Gasteiger partial charge in [-0.3, -0.25) is 0 Å². The van der Waals surface area contributed by atoms with Crippen LogP contribution in [-0.2, 0) is 0 Å². The molecule has 0 amide bonds. The quantitative estimate of drug-likeness (QED) is 0.405. The fourth-order valence-electron chi connectivity index (χ4n) is 0.354.